The number of carbonyl (C=O) groups is 3. The third-order valence-corrected chi connectivity index (χ3v) is 3.16. The normalized spacial score (nSPS) is 22.4. The lowest BCUT2D eigenvalue weighted by Crippen LogP contribution is -2.52. The molecule has 1 unspecified atom stereocenters. The van der Waals surface area contributed by atoms with Crippen molar-refractivity contribution in [3.63, 3.8) is 0 Å². The minimum atomic E-state index is -0.837. The second-order valence-corrected chi connectivity index (χ2v) is 4.63. The van der Waals surface area contributed by atoms with Crippen LogP contribution in [0.1, 0.15) is 12.8 Å². The van der Waals surface area contributed by atoms with Crippen LogP contribution in [-0.2, 0) is 23.9 Å². The molecule has 0 saturated carbocycles. The number of ether oxygens (including phenoxy) is 2. The number of nitrogens with one attached hydrogen (secondary N) is 2. The fourth-order valence-electron chi connectivity index (χ4n) is 2.12. The zero-order chi connectivity index (χ0) is 15.0. The van der Waals surface area contributed by atoms with Crippen LogP contribution in [0.4, 0.5) is 0 Å². The summed E-state index contributed by atoms with van der Waals surface area (Å²) in [5.41, 5.74) is -0.837. The van der Waals surface area contributed by atoms with E-state index in [0.717, 1.165) is 0 Å². The Morgan fingerprint density at radius 1 is 1.45 bits per heavy atom. The zero-order valence-electron chi connectivity index (χ0n) is 11.7. The van der Waals surface area contributed by atoms with E-state index in [1.165, 1.54) is 26.4 Å². The molecule has 0 radical (unpaired) electrons. The highest BCUT2D eigenvalue weighted by molar-refractivity contribution is 5.90. The summed E-state index contributed by atoms with van der Waals surface area (Å²) in [6, 6.07) is 0. The van der Waals surface area contributed by atoms with E-state index in [0.29, 0.717) is 13.0 Å². The van der Waals surface area contributed by atoms with Gasteiger partial charge in [-0.25, -0.2) is 4.79 Å². The number of hydrogen-bond donors (Lipinski definition) is 2. The van der Waals surface area contributed by atoms with Crippen LogP contribution in [0.5, 0.6) is 0 Å². The van der Waals surface area contributed by atoms with Crippen LogP contribution in [0.15, 0.2) is 12.2 Å². The molecule has 1 aliphatic heterocycles. The first-order valence-corrected chi connectivity index (χ1v) is 6.32. The van der Waals surface area contributed by atoms with Gasteiger partial charge >= 0.3 is 5.97 Å². The van der Waals surface area contributed by atoms with E-state index in [9.17, 15) is 14.4 Å². The molecule has 112 valence electrons. The van der Waals surface area contributed by atoms with Crippen molar-refractivity contribution in [2.24, 2.45) is 5.41 Å². The molecule has 7 heteroatoms. The highest BCUT2D eigenvalue weighted by Crippen LogP contribution is 2.29. The molecule has 1 heterocycles. The minimum absolute atomic E-state index is 0.105. The van der Waals surface area contributed by atoms with Gasteiger partial charge in [0.15, 0.2) is 0 Å². The third-order valence-electron chi connectivity index (χ3n) is 3.16. The first-order chi connectivity index (χ1) is 9.54. The van der Waals surface area contributed by atoms with Crippen LogP contribution in [-0.4, -0.2) is 51.7 Å². The van der Waals surface area contributed by atoms with Crippen LogP contribution in [0.3, 0.4) is 0 Å². The molecule has 2 N–H and O–H groups in total. The van der Waals surface area contributed by atoms with E-state index >= 15 is 0 Å². The minimum Gasteiger partial charge on any atom is -0.466 e. The third kappa shape index (κ3) is 4.34. The maximum Gasteiger partial charge on any atom is 0.330 e. The van der Waals surface area contributed by atoms with E-state index in [1.54, 1.807) is 0 Å². The predicted octanol–water partition coefficient (Wildman–Crippen LogP) is -0.625. The van der Waals surface area contributed by atoms with Crippen molar-refractivity contribution in [2.45, 2.75) is 12.8 Å². The Morgan fingerprint density at radius 2 is 2.20 bits per heavy atom. The highest BCUT2D eigenvalue weighted by atomic mass is 16.5. The Kier molecular flexibility index (Phi) is 6.17. The monoisotopic (exact) mass is 284 g/mol. The largest absolute Gasteiger partial charge is 0.466 e. The molecule has 1 fully saturated rings. The van der Waals surface area contributed by atoms with Gasteiger partial charge in [-0.1, -0.05) is 6.08 Å². The smallest absolute Gasteiger partial charge is 0.330 e. The van der Waals surface area contributed by atoms with E-state index in [1.807, 2.05) is 0 Å². The summed E-state index contributed by atoms with van der Waals surface area (Å²) in [5.74, 6) is -0.889. The fourth-order valence-corrected chi connectivity index (χ4v) is 2.12. The SMILES string of the molecule is COCC1(C(=O)NC/C=C/C(=O)OC)CCNC(=O)C1. The molecule has 2 amide bonds. The molecule has 0 aromatic heterocycles. The van der Waals surface area contributed by atoms with E-state index in [-0.39, 0.29) is 31.4 Å². The maximum atomic E-state index is 12.2. The molecule has 1 aliphatic rings. The van der Waals surface area contributed by atoms with Crippen LogP contribution < -0.4 is 10.6 Å². The van der Waals surface area contributed by atoms with Gasteiger partial charge in [0.05, 0.1) is 19.1 Å². The standard InChI is InChI=1S/C13H20N2O5/c1-19-9-13(5-7-14-10(16)8-13)12(18)15-6-3-4-11(17)20-2/h3-4H,5-9H2,1-2H3,(H,14,16)(H,15,18)/b4-3+. The van der Waals surface area contributed by atoms with Crippen molar-refractivity contribution in [1.29, 1.82) is 0 Å². The molecule has 1 rings (SSSR count). The number of esters is 1. The zero-order valence-corrected chi connectivity index (χ0v) is 11.7. The topological polar surface area (TPSA) is 93.7 Å². The van der Waals surface area contributed by atoms with E-state index < -0.39 is 11.4 Å². The first kappa shape index (κ1) is 16.2. The number of amides is 2. The molecule has 0 bridgehead atoms. The summed E-state index contributed by atoms with van der Waals surface area (Å²) in [4.78, 5) is 34.6. The average molecular weight is 284 g/mol. The van der Waals surface area contributed by atoms with E-state index in [2.05, 4.69) is 15.4 Å². The molecule has 0 spiro atoms. The summed E-state index contributed by atoms with van der Waals surface area (Å²) in [5, 5.41) is 5.37. The fraction of sp³-hybridized carbons (Fsp3) is 0.615. The summed E-state index contributed by atoms with van der Waals surface area (Å²) < 4.78 is 9.52. The predicted molar refractivity (Wildman–Crippen MR) is 70.7 cm³/mol. The summed E-state index contributed by atoms with van der Waals surface area (Å²) in [6.45, 7) is 0.835. The van der Waals surface area contributed by atoms with Gasteiger partial charge in [0.1, 0.15) is 0 Å². The molecular weight excluding hydrogens is 264 g/mol. The Bertz CT molecular complexity index is 404. The average Bonchev–Trinajstić information content (AvgIpc) is 2.43. The van der Waals surface area contributed by atoms with Gasteiger partial charge in [-0.2, -0.15) is 0 Å². The number of hydrogen-bond acceptors (Lipinski definition) is 5. The Hall–Kier alpha value is -1.89. The number of rotatable bonds is 6. The molecule has 0 aromatic rings. The second-order valence-electron chi connectivity index (χ2n) is 4.63. The molecular formula is C13H20N2O5. The Labute approximate surface area is 117 Å². The first-order valence-electron chi connectivity index (χ1n) is 6.32. The summed E-state index contributed by atoms with van der Waals surface area (Å²) >= 11 is 0. The van der Waals surface area contributed by atoms with Crippen LogP contribution >= 0.6 is 0 Å². The van der Waals surface area contributed by atoms with Gasteiger partial charge in [0, 0.05) is 32.7 Å². The lowest BCUT2D eigenvalue weighted by Gasteiger charge is -2.34. The number of carbonyl (C=O) groups excluding carboxylic acids is 3. The molecule has 1 saturated heterocycles. The Morgan fingerprint density at radius 3 is 2.80 bits per heavy atom. The van der Waals surface area contributed by atoms with Crippen molar-refractivity contribution < 1.29 is 23.9 Å². The van der Waals surface area contributed by atoms with Crippen LogP contribution in [0.2, 0.25) is 0 Å². The van der Waals surface area contributed by atoms with E-state index in [4.69, 9.17) is 4.74 Å². The van der Waals surface area contributed by atoms with Crippen molar-refractivity contribution in [2.75, 3.05) is 33.9 Å². The van der Waals surface area contributed by atoms with Crippen molar-refractivity contribution in [3.05, 3.63) is 12.2 Å². The number of piperidine rings is 1. The van der Waals surface area contributed by atoms with Crippen molar-refractivity contribution in [1.82, 2.24) is 10.6 Å². The molecule has 1 atom stereocenters. The van der Waals surface area contributed by atoms with Crippen LogP contribution in [0, 0.1) is 5.41 Å². The molecule has 7 nitrogen and oxygen atoms in total. The van der Waals surface area contributed by atoms with Crippen molar-refractivity contribution in [3.8, 4) is 0 Å². The molecule has 0 aromatic carbocycles. The lowest BCUT2D eigenvalue weighted by molar-refractivity contribution is -0.143. The van der Waals surface area contributed by atoms with Gasteiger partial charge in [0.25, 0.3) is 0 Å². The molecule has 0 aliphatic carbocycles. The maximum absolute atomic E-state index is 12.2. The summed E-state index contributed by atoms with van der Waals surface area (Å²) in [6.07, 6.45) is 3.36. The Balaban J connectivity index is 2.58. The van der Waals surface area contributed by atoms with Crippen LogP contribution in [0.25, 0.3) is 0 Å². The number of methoxy groups -OCH3 is 2. The van der Waals surface area contributed by atoms with Crippen molar-refractivity contribution >= 4 is 17.8 Å². The van der Waals surface area contributed by atoms with Gasteiger partial charge in [-0.3, -0.25) is 9.59 Å². The van der Waals surface area contributed by atoms with Gasteiger partial charge < -0.3 is 20.1 Å². The highest BCUT2D eigenvalue weighted by Gasteiger charge is 2.42. The molecule has 20 heavy (non-hydrogen) atoms. The van der Waals surface area contributed by atoms with Gasteiger partial charge in [0.2, 0.25) is 11.8 Å². The van der Waals surface area contributed by atoms with Gasteiger partial charge in [-0.05, 0) is 6.42 Å². The quantitative estimate of drug-likeness (QED) is 0.500. The van der Waals surface area contributed by atoms with Gasteiger partial charge in [-0.15, -0.1) is 0 Å². The second kappa shape index (κ2) is 7.64. The summed E-state index contributed by atoms with van der Waals surface area (Å²) in [7, 11) is 2.78. The lowest BCUT2D eigenvalue weighted by atomic mass is 9.78.